The number of nitrogens with two attached hydrogens (primary N) is 1. The summed E-state index contributed by atoms with van der Waals surface area (Å²) in [5.74, 6) is -0.488. The van der Waals surface area contributed by atoms with Crippen molar-refractivity contribution in [2.45, 2.75) is 19.3 Å². The predicted octanol–water partition coefficient (Wildman–Crippen LogP) is 3.51. The number of carbonyl (C=O) groups is 1. The molecule has 0 fully saturated rings. The molecule has 6 nitrogen and oxygen atoms in total. The molecule has 3 N–H and O–H groups in total. The maximum Gasteiger partial charge on any atom is 0.573 e. The summed E-state index contributed by atoms with van der Waals surface area (Å²) < 4.78 is 40.2. The molecule has 0 saturated carbocycles. The molecule has 0 aliphatic carbocycles. The molecular formula is C19H20F3IN4O2. The van der Waals surface area contributed by atoms with Gasteiger partial charge in [-0.2, -0.15) is 0 Å². The van der Waals surface area contributed by atoms with E-state index in [1.807, 2.05) is 18.2 Å². The fourth-order valence-corrected chi connectivity index (χ4v) is 2.89. The Balaban J connectivity index is 0.00000300. The molecule has 1 amide bonds. The molecular weight excluding hydrogens is 500 g/mol. The highest BCUT2D eigenvalue weighted by molar-refractivity contribution is 14.0. The summed E-state index contributed by atoms with van der Waals surface area (Å²) in [4.78, 5) is 18.1. The van der Waals surface area contributed by atoms with Gasteiger partial charge in [0.1, 0.15) is 12.3 Å². The molecule has 0 aromatic heterocycles. The number of halogens is 4. The lowest BCUT2D eigenvalue weighted by Gasteiger charge is -2.28. The van der Waals surface area contributed by atoms with E-state index >= 15 is 0 Å². The van der Waals surface area contributed by atoms with Gasteiger partial charge in [0.15, 0.2) is 5.96 Å². The average molecular weight is 520 g/mol. The Bertz CT molecular complexity index is 873. The molecule has 1 aliphatic rings. The summed E-state index contributed by atoms with van der Waals surface area (Å²) in [5, 5.41) is 2.73. The first-order valence-electron chi connectivity index (χ1n) is 8.57. The van der Waals surface area contributed by atoms with Crippen molar-refractivity contribution in [2.75, 3.05) is 18.4 Å². The number of hydrogen-bond donors (Lipinski definition) is 2. The van der Waals surface area contributed by atoms with Gasteiger partial charge in [0.05, 0.1) is 0 Å². The van der Waals surface area contributed by atoms with Crippen molar-refractivity contribution in [3.8, 4) is 5.75 Å². The Hall–Kier alpha value is -2.50. The van der Waals surface area contributed by atoms with E-state index in [1.54, 1.807) is 4.90 Å². The lowest BCUT2D eigenvalue weighted by atomic mass is 10.00. The topological polar surface area (TPSA) is 80.0 Å². The van der Waals surface area contributed by atoms with E-state index in [0.29, 0.717) is 18.8 Å². The van der Waals surface area contributed by atoms with Crippen molar-refractivity contribution in [2.24, 2.45) is 10.7 Å². The maximum atomic E-state index is 12.4. The zero-order valence-corrected chi connectivity index (χ0v) is 17.6. The van der Waals surface area contributed by atoms with Crippen LogP contribution in [0.2, 0.25) is 0 Å². The van der Waals surface area contributed by atoms with Crippen molar-refractivity contribution >= 4 is 41.5 Å². The van der Waals surface area contributed by atoms with E-state index in [-0.39, 0.29) is 48.1 Å². The third-order valence-corrected chi connectivity index (χ3v) is 4.23. The second kappa shape index (κ2) is 9.81. The van der Waals surface area contributed by atoms with E-state index in [0.717, 1.165) is 24.1 Å². The van der Waals surface area contributed by atoms with Crippen molar-refractivity contribution < 1.29 is 22.7 Å². The molecule has 0 radical (unpaired) electrons. The van der Waals surface area contributed by atoms with Gasteiger partial charge in [0, 0.05) is 18.8 Å². The van der Waals surface area contributed by atoms with Gasteiger partial charge in [-0.3, -0.25) is 4.79 Å². The number of rotatable bonds is 4. The number of guanidine groups is 1. The normalized spacial score (nSPS) is 13.9. The molecule has 156 valence electrons. The maximum absolute atomic E-state index is 12.4. The Morgan fingerprint density at radius 2 is 1.79 bits per heavy atom. The Morgan fingerprint density at radius 3 is 2.45 bits per heavy atom. The summed E-state index contributed by atoms with van der Waals surface area (Å²) in [6, 6.07) is 13.0. The first-order valence-corrected chi connectivity index (χ1v) is 8.57. The second-order valence-electron chi connectivity index (χ2n) is 6.23. The minimum Gasteiger partial charge on any atom is -0.406 e. The zero-order valence-electron chi connectivity index (χ0n) is 15.3. The highest BCUT2D eigenvalue weighted by Crippen LogP contribution is 2.24. The van der Waals surface area contributed by atoms with E-state index in [9.17, 15) is 18.0 Å². The third kappa shape index (κ3) is 6.80. The van der Waals surface area contributed by atoms with Crippen molar-refractivity contribution in [1.29, 1.82) is 0 Å². The number of nitrogens with zero attached hydrogens (tertiary/aromatic N) is 2. The van der Waals surface area contributed by atoms with Gasteiger partial charge in [0.25, 0.3) is 0 Å². The summed E-state index contributed by atoms with van der Waals surface area (Å²) in [5.41, 5.74) is 8.55. The highest BCUT2D eigenvalue weighted by Gasteiger charge is 2.30. The van der Waals surface area contributed by atoms with E-state index in [1.165, 1.54) is 17.7 Å². The Morgan fingerprint density at radius 1 is 1.14 bits per heavy atom. The van der Waals surface area contributed by atoms with Crippen LogP contribution in [0.5, 0.6) is 5.75 Å². The molecule has 0 unspecified atom stereocenters. The van der Waals surface area contributed by atoms with Gasteiger partial charge in [0.2, 0.25) is 5.91 Å². The number of benzene rings is 2. The van der Waals surface area contributed by atoms with Crippen LogP contribution in [0.1, 0.15) is 11.1 Å². The number of alkyl halides is 3. The summed E-state index contributed by atoms with van der Waals surface area (Å²) in [6.45, 7) is 1.05. The number of aliphatic imine (C=N–C) groups is 1. The number of ether oxygens (including phenoxy) is 1. The second-order valence-corrected chi connectivity index (χ2v) is 6.23. The SMILES string of the molecule is I.NC(=NCC(=O)N1CCc2ccccc2C1)Nc1ccc(OC(F)(F)F)cc1. The van der Waals surface area contributed by atoms with Gasteiger partial charge in [-0.05, 0) is 41.8 Å². The lowest BCUT2D eigenvalue weighted by Crippen LogP contribution is -2.38. The molecule has 29 heavy (non-hydrogen) atoms. The molecule has 0 spiro atoms. The largest absolute Gasteiger partial charge is 0.573 e. The van der Waals surface area contributed by atoms with Gasteiger partial charge in [-0.15, -0.1) is 37.1 Å². The molecule has 3 rings (SSSR count). The first-order chi connectivity index (χ1) is 13.3. The first kappa shape index (κ1) is 22.8. The molecule has 2 aromatic rings. The van der Waals surface area contributed by atoms with Crippen LogP contribution in [0, 0.1) is 0 Å². The molecule has 1 heterocycles. The fraction of sp³-hybridized carbons (Fsp3) is 0.263. The average Bonchev–Trinajstić information content (AvgIpc) is 2.66. The fourth-order valence-electron chi connectivity index (χ4n) is 2.89. The van der Waals surface area contributed by atoms with Crippen LogP contribution in [0.3, 0.4) is 0 Å². The summed E-state index contributed by atoms with van der Waals surface area (Å²) >= 11 is 0. The van der Waals surface area contributed by atoms with Crippen molar-refractivity contribution in [3.63, 3.8) is 0 Å². The van der Waals surface area contributed by atoms with E-state index in [2.05, 4.69) is 21.1 Å². The molecule has 0 atom stereocenters. The molecule has 1 aliphatic heterocycles. The highest BCUT2D eigenvalue weighted by atomic mass is 127. The van der Waals surface area contributed by atoms with Crippen LogP contribution in [0.4, 0.5) is 18.9 Å². The number of amides is 1. The minimum atomic E-state index is -4.75. The number of hydrogen-bond acceptors (Lipinski definition) is 3. The third-order valence-electron chi connectivity index (χ3n) is 4.23. The van der Waals surface area contributed by atoms with E-state index in [4.69, 9.17) is 5.73 Å². The van der Waals surface area contributed by atoms with Crippen LogP contribution in [-0.2, 0) is 17.8 Å². The van der Waals surface area contributed by atoms with Gasteiger partial charge in [-0.25, -0.2) is 4.99 Å². The van der Waals surface area contributed by atoms with Gasteiger partial charge < -0.3 is 20.7 Å². The van der Waals surface area contributed by atoms with Gasteiger partial charge >= 0.3 is 6.36 Å². The van der Waals surface area contributed by atoms with Crippen molar-refractivity contribution in [1.82, 2.24) is 4.90 Å². The number of fused-ring (bicyclic) bond motifs is 1. The molecule has 0 saturated heterocycles. The van der Waals surface area contributed by atoms with E-state index < -0.39 is 6.36 Å². The quantitative estimate of drug-likeness (QED) is 0.368. The van der Waals surface area contributed by atoms with Crippen LogP contribution in [-0.4, -0.2) is 36.2 Å². The smallest absolute Gasteiger partial charge is 0.406 e. The van der Waals surface area contributed by atoms with Crippen LogP contribution >= 0.6 is 24.0 Å². The Labute approximate surface area is 182 Å². The van der Waals surface area contributed by atoms with Crippen LogP contribution < -0.4 is 15.8 Å². The van der Waals surface area contributed by atoms with Gasteiger partial charge in [-0.1, -0.05) is 24.3 Å². The lowest BCUT2D eigenvalue weighted by molar-refractivity contribution is -0.274. The number of nitrogens with one attached hydrogen (secondary N) is 1. The van der Waals surface area contributed by atoms with Crippen LogP contribution in [0.25, 0.3) is 0 Å². The predicted molar refractivity (Wildman–Crippen MR) is 114 cm³/mol. The van der Waals surface area contributed by atoms with Crippen LogP contribution in [0.15, 0.2) is 53.5 Å². The molecule has 10 heteroatoms. The monoisotopic (exact) mass is 520 g/mol. The summed E-state index contributed by atoms with van der Waals surface area (Å²) in [6.07, 6.45) is -3.95. The number of carbonyl (C=O) groups excluding carboxylic acids is 1. The number of anilines is 1. The Kier molecular flexibility index (Phi) is 7.71. The standard InChI is InChI=1S/C19H19F3N4O2.HI/c20-19(21,22)28-16-7-5-15(6-8-16)25-18(23)24-11-17(27)26-10-9-13-3-1-2-4-14(13)12-26;/h1-8H,9-12H2,(H3,23,24,25);1H. The molecule has 2 aromatic carbocycles. The zero-order chi connectivity index (χ0) is 20.1. The molecule has 0 bridgehead atoms. The summed E-state index contributed by atoms with van der Waals surface area (Å²) in [7, 11) is 0. The van der Waals surface area contributed by atoms with Crippen molar-refractivity contribution in [3.05, 3.63) is 59.7 Å². The minimum absolute atomic E-state index is 0.